The molecule has 5 aliphatic heterocycles. The first kappa shape index (κ1) is 36.9. The summed E-state index contributed by atoms with van der Waals surface area (Å²) in [6.45, 7) is 7.31. The Morgan fingerprint density at radius 3 is 2.14 bits per heavy atom. The van der Waals surface area contributed by atoms with E-state index in [-0.39, 0.29) is 35.3 Å². The fraction of sp³-hybridized carbons (Fsp3) is 0.409. The highest BCUT2D eigenvalue weighted by Gasteiger charge is 2.46. The van der Waals surface area contributed by atoms with Gasteiger partial charge in [-0.2, -0.15) is 5.26 Å². The molecule has 4 aromatic rings. The van der Waals surface area contributed by atoms with Crippen LogP contribution in [0, 0.1) is 22.7 Å². The largest absolute Gasteiger partial charge is 0.371 e. The minimum atomic E-state index is -0.988. The predicted molar refractivity (Wildman–Crippen MR) is 215 cm³/mol. The maximum Gasteiger partial charge on any atom is 0.262 e. The first-order valence-electron chi connectivity index (χ1n) is 19.9. The van der Waals surface area contributed by atoms with Gasteiger partial charge in [0, 0.05) is 91.8 Å². The molecule has 0 saturated carbocycles. The number of nitrogens with zero attached hydrogens (tertiary/aromatic N) is 6. The summed E-state index contributed by atoms with van der Waals surface area (Å²) in [5.74, 6) is -1.61. The highest BCUT2D eigenvalue weighted by Crippen LogP contribution is 2.46. The number of imide groups is 2. The van der Waals surface area contributed by atoms with Crippen LogP contribution in [0.25, 0.3) is 10.8 Å². The number of nitrogens with one attached hydrogen (secondary N) is 1. The van der Waals surface area contributed by atoms with Crippen molar-refractivity contribution in [1.29, 1.82) is 5.26 Å². The number of hydrogen-bond donors (Lipinski definition) is 1. The fourth-order valence-corrected chi connectivity index (χ4v) is 10.1. The lowest BCUT2D eigenvalue weighted by molar-refractivity contribution is -0.136. The van der Waals surface area contributed by atoms with E-state index in [0.29, 0.717) is 41.2 Å². The maximum atomic E-state index is 13.6. The quantitative estimate of drug-likeness (QED) is 0.235. The number of likely N-dealkylation sites (tertiary alicyclic amines) is 1. The number of carbonyl (C=O) groups excluding carboxylic acids is 5. The SMILES string of the molecule is C[C@H]1CC2(CCN(c3ccc(C(=O)N4CCC(Cn5cc6cc7c(cc6c5)C(=O)N(C5CCC(=O)NC5=O)C7=O)CC4)cc3)CC2)CN1c1ccc(C#N)c(Cl)c1. The van der Waals surface area contributed by atoms with Gasteiger partial charge >= 0.3 is 0 Å². The predicted octanol–water partition coefficient (Wildman–Crippen LogP) is 6.01. The Bertz CT molecular complexity index is 2310. The van der Waals surface area contributed by atoms with Gasteiger partial charge in [0.25, 0.3) is 17.7 Å². The summed E-state index contributed by atoms with van der Waals surface area (Å²) in [6.07, 6.45) is 9.24. The molecule has 0 radical (unpaired) electrons. The van der Waals surface area contributed by atoms with Crippen LogP contribution in [-0.2, 0) is 16.1 Å². The third-order valence-corrected chi connectivity index (χ3v) is 13.4. The second-order valence-corrected chi connectivity index (χ2v) is 17.1. The standard InChI is InChI=1S/C44H44ClN7O5/c1-27-21-44(26-51(27)34-7-4-30(22-46)37(45)20-34)12-16-49(17-13-44)33-5-2-29(3-6-33)41(55)50-14-10-28(11-15-50)23-48-24-31-18-35-36(19-32(31)25-48)43(57)52(42(35)56)38-8-9-39(53)47-40(38)54/h2-7,18-20,24-25,27-28,38H,8-17,21,23,26H2,1H3,(H,47,53,54)/t27-,38?/m0/s1. The van der Waals surface area contributed by atoms with Crippen LogP contribution in [0.1, 0.15) is 88.5 Å². The van der Waals surface area contributed by atoms with Crippen LogP contribution in [0.2, 0.25) is 5.02 Å². The van der Waals surface area contributed by atoms with E-state index in [0.717, 1.165) is 85.3 Å². The maximum absolute atomic E-state index is 13.6. The summed E-state index contributed by atoms with van der Waals surface area (Å²) in [7, 11) is 0. The van der Waals surface area contributed by atoms with Crippen LogP contribution in [0.4, 0.5) is 11.4 Å². The molecule has 57 heavy (non-hydrogen) atoms. The third-order valence-electron chi connectivity index (χ3n) is 13.1. The molecule has 4 fully saturated rings. The van der Waals surface area contributed by atoms with E-state index in [1.807, 2.05) is 47.6 Å². The molecule has 2 atom stereocenters. The highest BCUT2D eigenvalue weighted by molar-refractivity contribution is 6.32. The van der Waals surface area contributed by atoms with Crippen LogP contribution < -0.4 is 15.1 Å². The van der Waals surface area contributed by atoms with Gasteiger partial charge in [0.2, 0.25) is 11.8 Å². The van der Waals surface area contributed by atoms with Crippen molar-refractivity contribution in [3.63, 3.8) is 0 Å². The molecule has 4 saturated heterocycles. The number of benzene rings is 3. The van der Waals surface area contributed by atoms with Gasteiger partial charge < -0.3 is 19.3 Å². The summed E-state index contributed by atoms with van der Waals surface area (Å²) in [5.41, 5.74) is 4.23. The molecule has 13 heteroatoms. The van der Waals surface area contributed by atoms with Gasteiger partial charge in [0.05, 0.1) is 21.7 Å². The molecule has 1 unspecified atom stereocenters. The summed E-state index contributed by atoms with van der Waals surface area (Å²) >= 11 is 6.37. The molecule has 1 spiro atoms. The lowest BCUT2D eigenvalue weighted by atomic mass is 9.76. The molecule has 9 rings (SSSR count). The van der Waals surface area contributed by atoms with Gasteiger partial charge in [-0.1, -0.05) is 11.6 Å². The number of nitriles is 1. The van der Waals surface area contributed by atoms with Gasteiger partial charge in [-0.25, -0.2) is 0 Å². The lowest BCUT2D eigenvalue weighted by Gasteiger charge is -2.40. The average molecular weight is 786 g/mol. The Kier molecular flexibility index (Phi) is 9.31. The van der Waals surface area contributed by atoms with Crippen molar-refractivity contribution in [2.75, 3.05) is 42.5 Å². The summed E-state index contributed by atoms with van der Waals surface area (Å²) < 4.78 is 2.10. The summed E-state index contributed by atoms with van der Waals surface area (Å²) in [4.78, 5) is 72.0. The number of rotatable bonds is 6. The average Bonchev–Trinajstić information content (AvgIpc) is 3.84. The molecule has 5 aliphatic rings. The van der Waals surface area contributed by atoms with Gasteiger partial charge in [0.15, 0.2) is 0 Å². The van der Waals surface area contributed by atoms with E-state index in [2.05, 4.69) is 44.8 Å². The van der Waals surface area contributed by atoms with Crippen molar-refractivity contribution in [1.82, 2.24) is 19.7 Å². The summed E-state index contributed by atoms with van der Waals surface area (Å²) in [5, 5.41) is 13.7. The Hall–Kier alpha value is -5.67. The molecule has 1 aromatic heterocycles. The Labute approximate surface area is 335 Å². The number of piperidine rings is 3. The van der Waals surface area contributed by atoms with Crippen molar-refractivity contribution in [2.45, 2.75) is 70.5 Å². The molecule has 5 amide bonds. The Balaban J connectivity index is 0.768. The first-order valence-corrected chi connectivity index (χ1v) is 20.3. The molecular weight excluding hydrogens is 742 g/mol. The van der Waals surface area contributed by atoms with Gasteiger partial charge in [-0.15, -0.1) is 0 Å². The van der Waals surface area contributed by atoms with Crippen molar-refractivity contribution >= 4 is 63.3 Å². The van der Waals surface area contributed by atoms with E-state index >= 15 is 0 Å². The smallest absolute Gasteiger partial charge is 0.262 e. The highest BCUT2D eigenvalue weighted by atomic mass is 35.5. The number of carbonyl (C=O) groups is 5. The van der Waals surface area contributed by atoms with E-state index < -0.39 is 29.7 Å². The minimum Gasteiger partial charge on any atom is -0.371 e. The van der Waals surface area contributed by atoms with Crippen LogP contribution in [0.15, 0.2) is 67.0 Å². The van der Waals surface area contributed by atoms with E-state index in [1.54, 1.807) is 12.1 Å². The monoisotopic (exact) mass is 785 g/mol. The number of anilines is 2. The Morgan fingerprint density at radius 2 is 1.53 bits per heavy atom. The molecule has 0 aliphatic carbocycles. The number of hydrogen-bond acceptors (Lipinski definition) is 8. The zero-order valence-electron chi connectivity index (χ0n) is 31.9. The second-order valence-electron chi connectivity index (χ2n) is 16.7. The molecule has 3 aromatic carbocycles. The van der Waals surface area contributed by atoms with E-state index in [9.17, 15) is 29.2 Å². The molecule has 292 valence electrons. The zero-order valence-corrected chi connectivity index (χ0v) is 32.6. The van der Waals surface area contributed by atoms with Gasteiger partial charge in [0.1, 0.15) is 12.1 Å². The molecule has 0 bridgehead atoms. The fourth-order valence-electron chi connectivity index (χ4n) is 9.93. The number of halogens is 1. The van der Waals surface area contributed by atoms with Crippen molar-refractivity contribution in [2.24, 2.45) is 11.3 Å². The van der Waals surface area contributed by atoms with Crippen LogP contribution in [-0.4, -0.2) is 88.7 Å². The topological polar surface area (TPSA) is 139 Å². The number of fused-ring (bicyclic) bond motifs is 2. The van der Waals surface area contributed by atoms with Crippen LogP contribution in [0.5, 0.6) is 0 Å². The third kappa shape index (κ3) is 6.71. The zero-order chi connectivity index (χ0) is 39.6. The lowest BCUT2D eigenvalue weighted by Crippen LogP contribution is -2.54. The minimum absolute atomic E-state index is 0.0578. The molecule has 12 nitrogen and oxygen atoms in total. The summed E-state index contributed by atoms with van der Waals surface area (Å²) in [6, 6.07) is 18.8. The van der Waals surface area contributed by atoms with Gasteiger partial charge in [-0.05, 0) is 111 Å². The molecule has 6 heterocycles. The van der Waals surface area contributed by atoms with Crippen molar-refractivity contribution < 1.29 is 24.0 Å². The molecule has 1 N–H and O–H groups in total. The van der Waals surface area contributed by atoms with E-state index in [4.69, 9.17) is 11.6 Å². The Morgan fingerprint density at radius 1 is 0.877 bits per heavy atom. The second kappa shape index (κ2) is 14.4. The van der Waals surface area contributed by atoms with E-state index in [1.165, 1.54) is 0 Å². The molecular formula is C44H44ClN7O5. The first-order chi connectivity index (χ1) is 27.5. The number of aromatic nitrogens is 1. The van der Waals surface area contributed by atoms with Crippen LogP contribution >= 0.6 is 11.6 Å². The van der Waals surface area contributed by atoms with Crippen molar-refractivity contribution in [3.05, 3.63) is 94.3 Å². The van der Waals surface area contributed by atoms with Gasteiger partial charge in [-0.3, -0.25) is 34.2 Å². The number of amides is 5. The van der Waals surface area contributed by atoms with Crippen LogP contribution in [0.3, 0.4) is 0 Å². The normalized spacial score (nSPS) is 22.4. The van der Waals surface area contributed by atoms with Crippen molar-refractivity contribution in [3.8, 4) is 6.07 Å².